The molecule has 49 heavy (non-hydrogen) atoms. The Morgan fingerprint density at radius 1 is 1.20 bits per heavy atom. The van der Waals surface area contributed by atoms with Crippen LogP contribution in [0.25, 0.3) is 16.3 Å². The van der Waals surface area contributed by atoms with Crippen LogP contribution in [0.15, 0.2) is 55.8 Å². The van der Waals surface area contributed by atoms with Gasteiger partial charge in [0.15, 0.2) is 11.8 Å². The van der Waals surface area contributed by atoms with Gasteiger partial charge in [0.05, 0.1) is 17.3 Å². The van der Waals surface area contributed by atoms with Crippen LogP contribution >= 0.6 is 11.3 Å². The summed E-state index contributed by atoms with van der Waals surface area (Å²) >= 11 is 1.49. The topological polar surface area (TPSA) is 102 Å². The second kappa shape index (κ2) is 14.8. The number of allylic oxidation sites excluding steroid dienone is 1. The van der Waals surface area contributed by atoms with Gasteiger partial charge < -0.3 is 19.5 Å². The van der Waals surface area contributed by atoms with Crippen molar-refractivity contribution in [1.82, 2.24) is 19.6 Å². The summed E-state index contributed by atoms with van der Waals surface area (Å²) in [6.45, 7) is 20.8. The quantitative estimate of drug-likeness (QED) is 0.131. The van der Waals surface area contributed by atoms with Crippen LogP contribution in [0.4, 0.5) is 10.2 Å². The van der Waals surface area contributed by atoms with Gasteiger partial charge in [-0.05, 0) is 77.3 Å². The number of carboxylic acids is 1. The highest BCUT2D eigenvalue weighted by Gasteiger charge is 2.37. The molecule has 11 heteroatoms. The van der Waals surface area contributed by atoms with Crippen molar-refractivity contribution in [3.8, 4) is 16.5 Å². The highest BCUT2D eigenvalue weighted by molar-refractivity contribution is 7.15. The Morgan fingerprint density at radius 2 is 1.94 bits per heavy atom. The molecule has 262 valence electrons. The molecule has 1 aliphatic heterocycles. The SMILES string of the molecule is C=CCCC1(C)CCN(c2c(C(OC(C)(C)C)C(=O)O)c(C)nc3cc(-c4ncc(Cc5ccc(F)cc5OC(C)CC=C)s4)nn23)CC1. The molecule has 2 atom stereocenters. The van der Waals surface area contributed by atoms with Gasteiger partial charge in [0.25, 0.3) is 0 Å². The monoisotopic (exact) mass is 689 g/mol. The van der Waals surface area contributed by atoms with Crippen LogP contribution in [0.5, 0.6) is 5.75 Å². The number of piperidine rings is 1. The van der Waals surface area contributed by atoms with Gasteiger partial charge in [-0.3, -0.25) is 0 Å². The number of aliphatic carboxylic acids is 1. The van der Waals surface area contributed by atoms with E-state index < -0.39 is 17.7 Å². The number of hydrogen-bond acceptors (Lipinski definition) is 8. The van der Waals surface area contributed by atoms with Crippen molar-refractivity contribution in [2.45, 2.75) is 97.9 Å². The van der Waals surface area contributed by atoms with Crippen LogP contribution in [-0.2, 0) is 16.0 Å². The summed E-state index contributed by atoms with van der Waals surface area (Å²) in [4.78, 5) is 25.5. The summed E-state index contributed by atoms with van der Waals surface area (Å²) in [7, 11) is 0. The van der Waals surface area contributed by atoms with Crippen molar-refractivity contribution in [3.05, 3.63) is 83.3 Å². The number of anilines is 1. The van der Waals surface area contributed by atoms with E-state index >= 15 is 0 Å². The number of thiazole rings is 1. The molecule has 4 aromatic rings. The summed E-state index contributed by atoms with van der Waals surface area (Å²) in [5.41, 5.74) is 2.65. The van der Waals surface area contributed by atoms with Crippen molar-refractivity contribution in [3.63, 3.8) is 0 Å². The van der Waals surface area contributed by atoms with E-state index in [1.807, 2.05) is 53.0 Å². The molecule has 0 saturated carbocycles. The predicted molar refractivity (Wildman–Crippen MR) is 193 cm³/mol. The minimum absolute atomic E-state index is 0.140. The van der Waals surface area contributed by atoms with Crippen molar-refractivity contribution < 1.29 is 23.8 Å². The Hall–Kier alpha value is -4.09. The van der Waals surface area contributed by atoms with Crippen molar-refractivity contribution >= 4 is 28.8 Å². The van der Waals surface area contributed by atoms with Crippen molar-refractivity contribution in [2.24, 2.45) is 5.41 Å². The fourth-order valence-electron chi connectivity index (χ4n) is 6.35. The first kappa shape index (κ1) is 36.2. The Labute approximate surface area is 292 Å². The van der Waals surface area contributed by atoms with Crippen LogP contribution in [0.3, 0.4) is 0 Å². The summed E-state index contributed by atoms with van der Waals surface area (Å²) in [5, 5.41) is 16.2. The fourth-order valence-corrected chi connectivity index (χ4v) is 7.25. The molecular formula is C38H48FN5O4S. The van der Waals surface area contributed by atoms with E-state index in [9.17, 15) is 14.3 Å². The number of halogens is 1. The molecule has 5 rings (SSSR count). The molecule has 1 aliphatic rings. The van der Waals surface area contributed by atoms with Crippen molar-refractivity contribution in [1.29, 1.82) is 0 Å². The molecule has 3 aromatic heterocycles. The van der Waals surface area contributed by atoms with E-state index in [4.69, 9.17) is 24.5 Å². The number of benzene rings is 1. The minimum Gasteiger partial charge on any atom is -0.490 e. The number of nitrogens with zero attached hydrogens (tertiary/aromatic N) is 5. The molecule has 4 heterocycles. The number of ether oxygens (including phenoxy) is 2. The summed E-state index contributed by atoms with van der Waals surface area (Å²) < 4.78 is 28.2. The highest BCUT2D eigenvalue weighted by Crippen LogP contribution is 2.41. The van der Waals surface area contributed by atoms with Gasteiger partial charge in [-0.2, -0.15) is 9.61 Å². The van der Waals surface area contributed by atoms with Crippen LogP contribution in [0.1, 0.15) is 94.5 Å². The molecule has 0 bridgehead atoms. The number of fused-ring (bicyclic) bond motifs is 1. The normalized spacial score (nSPS) is 16.0. The second-order valence-corrected chi connectivity index (χ2v) is 15.4. The molecular weight excluding hydrogens is 642 g/mol. The van der Waals surface area contributed by atoms with Crippen LogP contribution in [0, 0.1) is 18.2 Å². The third-order valence-corrected chi connectivity index (χ3v) is 10.00. The maximum absolute atomic E-state index is 14.2. The largest absolute Gasteiger partial charge is 0.490 e. The van der Waals surface area contributed by atoms with Crippen LogP contribution in [-0.4, -0.2) is 55.5 Å². The average molecular weight is 690 g/mol. The second-order valence-electron chi connectivity index (χ2n) is 14.3. The maximum atomic E-state index is 14.2. The molecule has 0 radical (unpaired) electrons. The Bertz CT molecular complexity index is 1820. The lowest BCUT2D eigenvalue weighted by Crippen LogP contribution is -2.41. The van der Waals surface area contributed by atoms with Gasteiger partial charge in [-0.15, -0.1) is 24.5 Å². The number of rotatable bonds is 14. The molecule has 9 nitrogen and oxygen atoms in total. The smallest absolute Gasteiger partial charge is 0.337 e. The Kier molecular flexibility index (Phi) is 10.9. The van der Waals surface area contributed by atoms with Gasteiger partial charge in [-0.1, -0.05) is 25.1 Å². The molecule has 1 aromatic carbocycles. The molecule has 1 saturated heterocycles. The molecule has 0 amide bonds. The first-order chi connectivity index (χ1) is 23.2. The third kappa shape index (κ3) is 8.56. The summed E-state index contributed by atoms with van der Waals surface area (Å²) in [6, 6.07) is 6.50. The lowest BCUT2D eigenvalue weighted by Gasteiger charge is -2.41. The first-order valence-electron chi connectivity index (χ1n) is 16.9. The molecule has 1 N–H and O–H groups in total. The number of aryl methyl sites for hydroxylation is 1. The number of carboxylic acid groups (broad SMARTS) is 1. The van der Waals surface area contributed by atoms with E-state index in [1.54, 1.807) is 16.7 Å². The van der Waals surface area contributed by atoms with E-state index in [0.29, 0.717) is 52.0 Å². The standard InChI is InChI=1S/C38H48FN5O4S/c1-9-11-15-38(8)16-18-43(19-17-38)35-32(33(36(45)46)48-37(5,6)7)25(4)41-31-22-29(42-44(31)35)34-40-23-28(49-34)20-26-13-14-27(39)21-30(26)47-24(3)12-10-2/h9-10,13-14,21-24,33H,1-2,11-12,15-20H2,3-8H3,(H,45,46). The van der Waals surface area contributed by atoms with Gasteiger partial charge in [0.2, 0.25) is 0 Å². The van der Waals surface area contributed by atoms with Gasteiger partial charge in [0.1, 0.15) is 28.1 Å². The van der Waals surface area contributed by atoms with Gasteiger partial charge in [-0.25, -0.2) is 19.2 Å². The van der Waals surface area contributed by atoms with E-state index in [1.165, 1.54) is 23.5 Å². The number of carbonyl (C=O) groups is 1. The fraction of sp³-hybridized carbons (Fsp3) is 0.474. The highest BCUT2D eigenvalue weighted by atomic mass is 32.1. The van der Waals surface area contributed by atoms with Gasteiger partial charge >= 0.3 is 5.97 Å². The lowest BCUT2D eigenvalue weighted by atomic mass is 9.76. The Morgan fingerprint density at radius 3 is 2.59 bits per heavy atom. The number of aromatic nitrogens is 4. The van der Waals surface area contributed by atoms with Gasteiger partial charge in [0, 0.05) is 54.8 Å². The lowest BCUT2D eigenvalue weighted by molar-refractivity contribution is -0.160. The molecule has 2 unspecified atom stereocenters. The number of hydrogen-bond donors (Lipinski definition) is 1. The van der Waals surface area contributed by atoms with E-state index in [-0.39, 0.29) is 17.3 Å². The van der Waals surface area contributed by atoms with Crippen molar-refractivity contribution in [2.75, 3.05) is 18.0 Å². The van der Waals surface area contributed by atoms with E-state index in [0.717, 1.165) is 49.2 Å². The molecule has 1 fully saturated rings. The molecule has 0 spiro atoms. The van der Waals surface area contributed by atoms with E-state index in [2.05, 4.69) is 25.0 Å². The zero-order valence-corrected chi connectivity index (χ0v) is 30.3. The molecule has 0 aliphatic carbocycles. The third-order valence-electron chi connectivity index (χ3n) is 8.98. The maximum Gasteiger partial charge on any atom is 0.337 e. The zero-order chi connectivity index (χ0) is 35.5. The predicted octanol–water partition coefficient (Wildman–Crippen LogP) is 8.75. The summed E-state index contributed by atoms with van der Waals surface area (Å²) in [6.07, 6.45) is 9.27. The average Bonchev–Trinajstić information content (AvgIpc) is 3.67. The Balaban J connectivity index is 1.53. The van der Waals surface area contributed by atoms with Crippen LogP contribution in [0.2, 0.25) is 0 Å². The first-order valence-corrected chi connectivity index (χ1v) is 17.7. The van der Waals surface area contributed by atoms with Crippen LogP contribution < -0.4 is 9.64 Å². The zero-order valence-electron chi connectivity index (χ0n) is 29.5. The minimum atomic E-state index is -1.23. The summed E-state index contributed by atoms with van der Waals surface area (Å²) in [5.74, 6) is -0.241.